The fourth-order valence-corrected chi connectivity index (χ4v) is 2.01. The number of hydrogen-bond donors (Lipinski definition) is 3. The zero-order chi connectivity index (χ0) is 17.9. The van der Waals surface area contributed by atoms with Gasteiger partial charge in [0.15, 0.2) is 0 Å². The van der Waals surface area contributed by atoms with Gasteiger partial charge in [0.2, 0.25) is 0 Å². The molecule has 1 aromatic carbocycles. The molecule has 24 heavy (non-hydrogen) atoms. The fraction of sp³-hybridized carbons (Fsp3) is 0.438. The minimum absolute atomic E-state index is 0.0902. The third kappa shape index (κ3) is 7.21. The standard InChI is InChI=1S/C14H20N2O2.C2H2O4/c1-12(14(17)16-9-7-15-8-10-16)18-11-13-5-3-2-4-6-13;3-1(4)2(5)6/h2-6,12,15H,7-11H2,1H3;(H,3,4)(H,5,6). The maximum atomic E-state index is 12.1. The topological polar surface area (TPSA) is 116 Å². The van der Waals surface area contributed by atoms with Crippen LogP contribution in [0.5, 0.6) is 0 Å². The zero-order valence-electron chi connectivity index (χ0n) is 13.5. The van der Waals surface area contributed by atoms with Crippen molar-refractivity contribution < 1.29 is 29.3 Å². The molecule has 1 atom stereocenters. The lowest BCUT2D eigenvalue weighted by Crippen LogP contribution is -2.49. The number of aliphatic carboxylic acids is 2. The van der Waals surface area contributed by atoms with Crippen LogP contribution in [-0.4, -0.2) is 65.2 Å². The van der Waals surface area contributed by atoms with E-state index >= 15 is 0 Å². The number of benzene rings is 1. The third-order valence-corrected chi connectivity index (χ3v) is 3.30. The van der Waals surface area contributed by atoms with Gasteiger partial charge in [-0.05, 0) is 12.5 Å². The van der Waals surface area contributed by atoms with Gasteiger partial charge >= 0.3 is 11.9 Å². The molecule has 1 heterocycles. The molecule has 1 unspecified atom stereocenters. The minimum Gasteiger partial charge on any atom is -0.473 e. The SMILES string of the molecule is CC(OCc1ccccc1)C(=O)N1CCNCC1.O=C(O)C(=O)O. The van der Waals surface area contributed by atoms with Gasteiger partial charge in [0.1, 0.15) is 6.10 Å². The van der Waals surface area contributed by atoms with Gasteiger partial charge in [-0.3, -0.25) is 4.79 Å². The molecule has 132 valence electrons. The predicted molar refractivity (Wildman–Crippen MR) is 85.4 cm³/mol. The Balaban J connectivity index is 0.000000413. The van der Waals surface area contributed by atoms with Crippen molar-refractivity contribution in [1.29, 1.82) is 0 Å². The first-order valence-electron chi connectivity index (χ1n) is 7.53. The highest BCUT2D eigenvalue weighted by Gasteiger charge is 2.22. The van der Waals surface area contributed by atoms with Gasteiger partial charge in [0.25, 0.3) is 5.91 Å². The monoisotopic (exact) mass is 338 g/mol. The van der Waals surface area contributed by atoms with Crippen LogP contribution in [0.2, 0.25) is 0 Å². The molecule has 0 aliphatic carbocycles. The zero-order valence-corrected chi connectivity index (χ0v) is 13.5. The van der Waals surface area contributed by atoms with E-state index in [1.165, 1.54) is 0 Å². The quantitative estimate of drug-likeness (QED) is 0.671. The van der Waals surface area contributed by atoms with E-state index < -0.39 is 11.9 Å². The van der Waals surface area contributed by atoms with Crippen LogP contribution in [0.25, 0.3) is 0 Å². The number of nitrogens with zero attached hydrogens (tertiary/aromatic N) is 1. The van der Waals surface area contributed by atoms with Gasteiger partial charge in [0.05, 0.1) is 6.61 Å². The molecule has 1 aliphatic rings. The lowest BCUT2D eigenvalue weighted by Gasteiger charge is -2.29. The number of carboxylic acids is 2. The van der Waals surface area contributed by atoms with Gasteiger partial charge in [-0.15, -0.1) is 0 Å². The average Bonchev–Trinajstić information content (AvgIpc) is 2.61. The van der Waals surface area contributed by atoms with Crippen molar-refractivity contribution in [2.24, 2.45) is 0 Å². The molecule has 8 nitrogen and oxygen atoms in total. The van der Waals surface area contributed by atoms with Crippen molar-refractivity contribution in [3.05, 3.63) is 35.9 Å². The number of carbonyl (C=O) groups is 3. The van der Waals surface area contributed by atoms with E-state index in [0.29, 0.717) is 6.61 Å². The second-order valence-electron chi connectivity index (χ2n) is 5.12. The average molecular weight is 338 g/mol. The summed E-state index contributed by atoms with van der Waals surface area (Å²) in [5.41, 5.74) is 1.09. The van der Waals surface area contributed by atoms with Gasteiger partial charge in [-0.1, -0.05) is 30.3 Å². The summed E-state index contributed by atoms with van der Waals surface area (Å²) in [6.45, 7) is 5.61. The molecule has 1 aliphatic heterocycles. The summed E-state index contributed by atoms with van der Waals surface area (Å²) in [5.74, 6) is -3.56. The van der Waals surface area contributed by atoms with Crippen LogP contribution >= 0.6 is 0 Å². The van der Waals surface area contributed by atoms with Crippen molar-refractivity contribution in [1.82, 2.24) is 10.2 Å². The lowest BCUT2D eigenvalue weighted by molar-refractivity contribution is -0.159. The summed E-state index contributed by atoms with van der Waals surface area (Å²) in [6.07, 6.45) is -0.372. The highest BCUT2D eigenvalue weighted by atomic mass is 16.5. The molecule has 1 amide bonds. The van der Waals surface area contributed by atoms with Crippen LogP contribution in [0.4, 0.5) is 0 Å². The Morgan fingerprint density at radius 3 is 2.17 bits per heavy atom. The first-order valence-corrected chi connectivity index (χ1v) is 7.53. The smallest absolute Gasteiger partial charge is 0.414 e. The Hall–Kier alpha value is -2.45. The summed E-state index contributed by atoms with van der Waals surface area (Å²) in [4.78, 5) is 32.2. The molecule has 8 heteroatoms. The summed E-state index contributed by atoms with van der Waals surface area (Å²) in [6, 6.07) is 9.92. The number of amides is 1. The van der Waals surface area contributed by atoms with Crippen LogP contribution in [0.15, 0.2) is 30.3 Å². The number of ether oxygens (including phenoxy) is 1. The highest BCUT2D eigenvalue weighted by Crippen LogP contribution is 2.06. The van der Waals surface area contributed by atoms with Crippen molar-refractivity contribution in [2.75, 3.05) is 26.2 Å². The van der Waals surface area contributed by atoms with Gasteiger partial charge in [-0.25, -0.2) is 9.59 Å². The normalized spacial score (nSPS) is 15.0. The highest BCUT2D eigenvalue weighted by molar-refractivity contribution is 6.27. The second kappa shape index (κ2) is 10.3. The molecular formula is C16H22N2O6. The van der Waals surface area contributed by atoms with E-state index in [0.717, 1.165) is 31.7 Å². The van der Waals surface area contributed by atoms with E-state index in [1.807, 2.05) is 42.2 Å². The minimum atomic E-state index is -1.82. The number of nitrogens with one attached hydrogen (secondary N) is 1. The second-order valence-corrected chi connectivity index (χ2v) is 5.12. The predicted octanol–water partition coefficient (Wildman–Crippen LogP) is 0.179. The van der Waals surface area contributed by atoms with Crippen LogP contribution in [-0.2, 0) is 25.7 Å². The van der Waals surface area contributed by atoms with Crippen LogP contribution < -0.4 is 5.32 Å². The first kappa shape index (κ1) is 19.6. The van der Waals surface area contributed by atoms with Crippen molar-refractivity contribution in [3.8, 4) is 0 Å². The number of carbonyl (C=O) groups excluding carboxylic acids is 1. The number of rotatable bonds is 4. The molecule has 1 aromatic rings. The maximum Gasteiger partial charge on any atom is 0.414 e. The number of piperazine rings is 1. The molecule has 3 N–H and O–H groups in total. The van der Waals surface area contributed by atoms with Crippen molar-refractivity contribution >= 4 is 17.8 Å². The van der Waals surface area contributed by atoms with Crippen LogP contribution in [0.3, 0.4) is 0 Å². The van der Waals surface area contributed by atoms with Crippen LogP contribution in [0, 0.1) is 0 Å². The van der Waals surface area contributed by atoms with Gasteiger partial charge < -0.3 is 25.2 Å². The summed E-state index contributed by atoms with van der Waals surface area (Å²) in [5, 5.41) is 18.0. The fourth-order valence-electron chi connectivity index (χ4n) is 2.01. The molecule has 1 fully saturated rings. The van der Waals surface area contributed by atoms with E-state index in [1.54, 1.807) is 0 Å². The Kier molecular flexibility index (Phi) is 8.45. The molecule has 1 saturated heterocycles. The summed E-state index contributed by atoms with van der Waals surface area (Å²) >= 11 is 0. The maximum absolute atomic E-state index is 12.1. The molecule has 0 radical (unpaired) electrons. The lowest BCUT2D eigenvalue weighted by atomic mass is 10.2. The molecule has 2 rings (SSSR count). The Morgan fingerprint density at radius 1 is 1.12 bits per heavy atom. The van der Waals surface area contributed by atoms with E-state index in [-0.39, 0.29) is 12.0 Å². The molecule has 0 saturated carbocycles. The Morgan fingerprint density at radius 2 is 1.67 bits per heavy atom. The molecular weight excluding hydrogens is 316 g/mol. The van der Waals surface area contributed by atoms with Gasteiger partial charge in [-0.2, -0.15) is 0 Å². The molecule has 0 bridgehead atoms. The molecule has 0 aromatic heterocycles. The van der Waals surface area contributed by atoms with Gasteiger partial charge in [0, 0.05) is 26.2 Å². The van der Waals surface area contributed by atoms with Crippen molar-refractivity contribution in [3.63, 3.8) is 0 Å². The van der Waals surface area contributed by atoms with E-state index in [9.17, 15) is 4.79 Å². The van der Waals surface area contributed by atoms with Crippen LogP contribution in [0.1, 0.15) is 12.5 Å². The third-order valence-electron chi connectivity index (χ3n) is 3.30. The Labute approximate surface area is 140 Å². The first-order chi connectivity index (χ1) is 11.4. The largest absolute Gasteiger partial charge is 0.473 e. The Bertz CT molecular complexity index is 531. The molecule has 0 spiro atoms. The van der Waals surface area contributed by atoms with Crippen molar-refractivity contribution in [2.45, 2.75) is 19.6 Å². The summed E-state index contributed by atoms with van der Waals surface area (Å²) in [7, 11) is 0. The van der Waals surface area contributed by atoms with E-state index in [4.69, 9.17) is 24.5 Å². The number of hydrogen-bond acceptors (Lipinski definition) is 5. The van der Waals surface area contributed by atoms with E-state index in [2.05, 4.69) is 5.32 Å². The summed E-state index contributed by atoms with van der Waals surface area (Å²) < 4.78 is 5.63. The number of carboxylic acid groups (broad SMARTS) is 2.